The van der Waals surface area contributed by atoms with Crippen LogP contribution in [0.5, 0.6) is 0 Å². The molecule has 0 spiro atoms. The standard InChI is InChI=1S/C21H19F5N2O/c1-27(15-9-20(22,23)10-15)11-13-7-16-17(18(8-13)21(24,25)26)12-28(19(16)29)14-5-3-2-4-6-14/h2-8,15H,9-12H2,1H3. The van der Waals surface area contributed by atoms with E-state index in [-0.39, 0.29) is 48.7 Å². The molecule has 1 amide bonds. The van der Waals surface area contributed by atoms with Crippen molar-refractivity contribution in [2.24, 2.45) is 0 Å². The first-order valence-corrected chi connectivity index (χ1v) is 9.23. The second-order valence-corrected chi connectivity index (χ2v) is 7.73. The summed E-state index contributed by atoms with van der Waals surface area (Å²) in [4.78, 5) is 15.8. The van der Waals surface area contributed by atoms with Gasteiger partial charge in [-0.3, -0.25) is 9.69 Å². The number of anilines is 1. The number of rotatable bonds is 4. The number of fused-ring (bicyclic) bond motifs is 1. The number of benzene rings is 2. The summed E-state index contributed by atoms with van der Waals surface area (Å²) in [7, 11) is 1.61. The van der Waals surface area contributed by atoms with Crippen molar-refractivity contribution in [1.82, 2.24) is 4.90 Å². The molecule has 1 aliphatic carbocycles. The molecule has 1 heterocycles. The van der Waals surface area contributed by atoms with E-state index in [1.54, 1.807) is 42.3 Å². The van der Waals surface area contributed by atoms with E-state index in [2.05, 4.69) is 0 Å². The van der Waals surface area contributed by atoms with Crippen molar-refractivity contribution in [1.29, 1.82) is 0 Å². The van der Waals surface area contributed by atoms with Crippen molar-refractivity contribution in [3.8, 4) is 0 Å². The van der Waals surface area contributed by atoms with Crippen molar-refractivity contribution in [3.05, 3.63) is 64.7 Å². The van der Waals surface area contributed by atoms with Crippen LogP contribution in [0, 0.1) is 0 Å². The summed E-state index contributed by atoms with van der Waals surface area (Å²) in [6.07, 6.45) is -5.22. The van der Waals surface area contributed by atoms with E-state index in [1.807, 2.05) is 0 Å². The van der Waals surface area contributed by atoms with Crippen LogP contribution in [0.3, 0.4) is 0 Å². The number of para-hydroxylation sites is 1. The number of carbonyl (C=O) groups excluding carboxylic acids is 1. The molecular formula is C21H19F5N2O. The molecule has 0 aromatic heterocycles. The summed E-state index contributed by atoms with van der Waals surface area (Å²) in [6, 6.07) is 10.6. The maximum atomic E-state index is 13.7. The van der Waals surface area contributed by atoms with Gasteiger partial charge in [0, 0.05) is 36.7 Å². The number of hydrogen-bond acceptors (Lipinski definition) is 2. The predicted molar refractivity (Wildman–Crippen MR) is 97.8 cm³/mol. The van der Waals surface area contributed by atoms with E-state index in [4.69, 9.17) is 0 Å². The fraction of sp³-hybridized carbons (Fsp3) is 0.381. The third-order valence-electron chi connectivity index (χ3n) is 5.60. The average Bonchev–Trinajstić information content (AvgIpc) is 2.96. The minimum atomic E-state index is -4.62. The Hall–Kier alpha value is -2.48. The quantitative estimate of drug-likeness (QED) is 0.655. The Bertz CT molecular complexity index is 934. The van der Waals surface area contributed by atoms with Crippen LogP contribution in [0.25, 0.3) is 0 Å². The molecule has 3 nitrogen and oxygen atoms in total. The van der Waals surface area contributed by atoms with Gasteiger partial charge in [0.1, 0.15) is 0 Å². The van der Waals surface area contributed by atoms with Gasteiger partial charge in [-0.2, -0.15) is 13.2 Å². The molecule has 1 saturated carbocycles. The first kappa shape index (κ1) is 19.8. The Morgan fingerprint density at radius 2 is 1.79 bits per heavy atom. The lowest BCUT2D eigenvalue weighted by Crippen LogP contribution is -2.48. The first-order chi connectivity index (χ1) is 13.5. The predicted octanol–water partition coefficient (Wildman–Crippen LogP) is 5.10. The fourth-order valence-corrected chi connectivity index (χ4v) is 3.99. The Morgan fingerprint density at radius 1 is 1.14 bits per heavy atom. The summed E-state index contributed by atoms with van der Waals surface area (Å²) in [5.74, 6) is -3.20. The van der Waals surface area contributed by atoms with Gasteiger partial charge in [-0.1, -0.05) is 18.2 Å². The van der Waals surface area contributed by atoms with E-state index in [0.29, 0.717) is 5.69 Å². The lowest BCUT2D eigenvalue weighted by molar-refractivity contribution is -0.138. The molecule has 1 aliphatic heterocycles. The van der Waals surface area contributed by atoms with E-state index < -0.39 is 23.6 Å². The van der Waals surface area contributed by atoms with Crippen molar-refractivity contribution in [3.63, 3.8) is 0 Å². The fourth-order valence-electron chi connectivity index (χ4n) is 3.99. The minimum absolute atomic E-state index is 0.0195. The molecule has 29 heavy (non-hydrogen) atoms. The molecule has 4 rings (SSSR count). The number of alkyl halides is 5. The molecule has 154 valence electrons. The lowest BCUT2D eigenvalue weighted by atomic mass is 9.87. The molecule has 8 heteroatoms. The molecular weight excluding hydrogens is 391 g/mol. The van der Waals surface area contributed by atoms with Crippen LogP contribution in [-0.4, -0.2) is 29.8 Å². The van der Waals surface area contributed by atoms with Crippen LogP contribution in [0.4, 0.5) is 27.6 Å². The van der Waals surface area contributed by atoms with Crippen LogP contribution in [0.1, 0.15) is 39.9 Å². The van der Waals surface area contributed by atoms with Crippen molar-refractivity contribution >= 4 is 11.6 Å². The topological polar surface area (TPSA) is 23.6 Å². The van der Waals surface area contributed by atoms with E-state index in [1.165, 1.54) is 11.0 Å². The van der Waals surface area contributed by atoms with E-state index in [0.717, 1.165) is 6.07 Å². The number of carbonyl (C=O) groups is 1. The van der Waals surface area contributed by atoms with Gasteiger partial charge >= 0.3 is 6.18 Å². The molecule has 0 saturated heterocycles. The smallest absolute Gasteiger partial charge is 0.304 e. The second-order valence-electron chi connectivity index (χ2n) is 7.73. The average molecular weight is 410 g/mol. The van der Waals surface area contributed by atoms with Crippen LogP contribution in [-0.2, 0) is 19.3 Å². The highest BCUT2D eigenvalue weighted by atomic mass is 19.4. The molecule has 0 unspecified atom stereocenters. The number of halogens is 5. The third-order valence-corrected chi connectivity index (χ3v) is 5.60. The molecule has 0 N–H and O–H groups in total. The number of amides is 1. The molecule has 0 radical (unpaired) electrons. The molecule has 2 aliphatic rings. The highest BCUT2D eigenvalue weighted by molar-refractivity contribution is 6.10. The van der Waals surface area contributed by atoms with Gasteiger partial charge in [0.25, 0.3) is 11.8 Å². The van der Waals surface area contributed by atoms with Gasteiger partial charge in [0.2, 0.25) is 0 Å². The van der Waals surface area contributed by atoms with Crippen molar-refractivity contribution in [2.45, 2.75) is 44.1 Å². The summed E-state index contributed by atoms with van der Waals surface area (Å²) >= 11 is 0. The van der Waals surface area contributed by atoms with Gasteiger partial charge in [-0.25, -0.2) is 8.78 Å². The SMILES string of the molecule is CN(Cc1cc2c(c(C(F)(F)F)c1)CN(c1ccccc1)C2=O)C1CC(F)(F)C1. The largest absolute Gasteiger partial charge is 0.416 e. The van der Waals surface area contributed by atoms with Crippen LogP contribution >= 0.6 is 0 Å². The van der Waals surface area contributed by atoms with Crippen molar-refractivity contribution < 1.29 is 26.7 Å². The minimum Gasteiger partial charge on any atom is -0.304 e. The first-order valence-electron chi connectivity index (χ1n) is 9.23. The maximum Gasteiger partial charge on any atom is 0.416 e. The molecule has 2 aromatic carbocycles. The molecule has 0 bridgehead atoms. The van der Waals surface area contributed by atoms with Gasteiger partial charge in [0.15, 0.2) is 0 Å². The van der Waals surface area contributed by atoms with Crippen LogP contribution < -0.4 is 4.90 Å². The van der Waals surface area contributed by atoms with Gasteiger partial charge in [-0.15, -0.1) is 0 Å². The van der Waals surface area contributed by atoms with Gasteiger partial charge in [0.05, 0.1) is 12.1 Å². The summed E-state index contributed by atoms with van der Waals surface area (Å²) in [6.45, 7) is -0.0896. The van der Waals surface area contributed by atoms with E-state index in [9.17, 15) is 26.7 Å². The Morgan fingerprint density at radius 3 is 2.38 bits per heavy atom. The lowest BCUT2D eigenvalue weighted by Gasteiger charge is -2.41. The van der Waals surface area contributed by atoms with Crippen molar-refractivity contribution in [2.75, 3.05) is 11.9 Å². The zero-order chi connectivity index (χ0) is 21.0. The normalized spacial score (nSPS) is 18.9. The third kappa shape index (κ3) is 3.73. The Balaban J connectivity index is 1.66. The summed E-state index contributed by atoms with van der Waals surface area (Å²) < 4.78 is 67.4. The zero-order valence-electron chi connectivity index (χ0n) is 15.6. The summed E-state index contributed by atoms with van der Waals surface area (Å²) in [5, 5.41) is 0. The number of nitrogens with zero attached hydrogens (tertiary/aromatic N) is 2. The summed E-state index contributed by atoms with van der Waals surface area (Å²) in [5.41, 5.74) is -0.0580. The second kappa shape index (κ2) is 6.79. The highest BCUT2D eigenvalue weighted by Gasteiger charge is 2.47. The highest BCUT2D eigenvalue weighted by Crippen LogP contribution is 2.42. The monoisotopic (exact) mass is 410 g/mol. The van der Waals surface area contributed by atoms with Crippen LogP contribution in [0.15, 0.2) is 42.5 Å². The Labute approximate surface area is 164 Å². The molecule has 0 atom stereocenters. The Kier molecular flexibility index (Phi) is 4.64. The number of hydrogen-bond donors (Lipinski definition) is 0. The maximum absolute atomic E-state index is 13.7. The van der Waals surface area contributed by atoms with E-state index >= 15 is 0 Å². The molecule has 2 aromatic rings. The van der Waals surface area contributed by atoms with Gasteiger partial charge in [-0.05, 0) is 42.4 Å². The van der Waals surface area contributed by atoms with Gasteiger partial charge < -0.3 is 4.90 Å². The zero-order valence-corrected chi connectivity index (χ0v) is 15.6. The molecule has 1 fully saturated rings. The van der Waals surface area contributed by atoms with Crippen LogP contribution in [0.2, 0.25) is 0 Å².